The second-order valence-electron chi connectivity index (χ2n) is 6.37. The average molecular weight is 401 g/mol. The van der Waals surface area contributed by atoms with E-state index in [1.807, 2.05) is 6.07 Å². The van der Waals surface area contributed by atoms with Crippen LogP contribution in [-0.2, 0) is 14.8 Å². The number of hydrogen-bond donors (Lipinski definition) is 2. The van der Waals surface area contributed by atoms with Gasteiger partial charge in [0, 0.05) is 0 Å². The molecule has 2 atom stereocenters. The molecular weight excluding hydrogens is 378 g/mol. The summed E-state index contributed by atoms with van der Waals surface area (Å²) in [4.78, 5) is 14.2. The molecule has 0 saturated carbocycles. The number of rotatable bonds is 8. The van der Waals surface area contributed by atoms with E-state index in [1.54, 1.807) is 36.4 Å². The van der Waals surface area contributed by atoms with Gasteiger partial charge >= 0.3 is 0 Å². The highest BCUT2D eigenvalue weighted by molar-refractivity contribution is 7.89. The monoisotopic (exact) mass is 401 g/mol. The first-order valence-corrected chi connectivity index (χ1v) is 10.3. The van der Waals surface area contributed by atoms with Gasteiger partial charge in [0.05, 0.1) is 16.5 Å². The van der Waals surface area contributed by atoms with E-state index in [-0.39, 0.29) is 4.90 Å². The van der Waals surface area contributed by atoms with E-state index < -0.39 is 22.0 Å². The van der Waals surface area contributed by atoms with E-state index in [4.69, 9.17) is 10.00 Å². The molecule has 0 aromatic heterocycles. The van der Waals surface area contributed by atoms with Gasteiger partial charge in [-0.15, -0.1) is 4.83 Å². The van der Waals surface area contributed by atoms with Crippen molar-refractivity contribution in [3.8, 4) is 11.8 Å². The molecule has 0 fully saturated rings. The molecule has 28 heavy (non-hydrogen) atoms. The van der Waals surface area contributed by atoms with Crippen molar-refractivity contribution in [1.29, 1.82) is 5.26 Å². The maximum Gasteiger partial charge on any atom is 0.275 e. The number of sulfonamides is 1. The molecule has 2 aromatic carbocycles. The van der Waals surface area contributed by atoms with Gasteiger partial charge in [0.15, 0.2) is 6.10 Å². The van der Waals surface area contributed by atoms with Crippen LogP contribution in [0.4, 0.5) is 0 Å². The van der Waals surface area contributed by atoms with Crippen LogP contribution >= 0.6 is 0 Å². The summed E-state index contributed by atoms with van der Waals surface area (Å²) >= 11 is 0. The lowest BCUT2D eigenvalue weighted by molar-refractivity contribution is -0.127. The van der Waals surface area contributed by atoms with Crippen molar-refractivity contribution in [2.24, 2.45) is 0 Å². The minimum Gasteiger partial charge on any atom is -0.481 e. The zero-order valence-electron chi connectivity index (χ0n) is 16.0. The highest BCUT2D eigenvalue weighted by Crippen LogP contribution is 2.20. The molecule has 1 amide bonds. The Bertz CT molecular complexity index is 948. The SMILES string of the molecule is CC[C@H](C)c1ccc(S(=O)(=O)NNC(=O)[C@@H](C)Oc2ccc(C#N)cc2)cc1. The topological polar surface area (TPSA) is 108 Å². The van der Waals surface area contributed by atoms with Crippen molar-refractivity contribution in [2.75, 3.05) is 0 Å². The Morgan fingerprint density at radius 2 is 1.71 bits per heavy atom. The quantitative estimate of drug-likeness (QED) is 0.661. The van der Waals surface area contributed by atoms with Crippen LogP contribution in [0, 0.1) is 11.3 Å². The first-order valence-electron chi connectivity index (χ1n) is 8.85. The molecule has 0 aliphatic carbocycles. The van der Waals surface area contributed by atoms with E-state index in [0.29, 0.717) is 17.2 Å². The Balaban J connectivity index is 1.95. The van der Waals surface area contributed by atoms with Crippen LogP contribution in [0.25, 0.3) is 0 Å². The number of amides is 1. The number of hydrogen-bond acceptors (Lipinski definition) is 5. The van der Waals surface area contributed by atoms with Crippen molar-refractivity contribution >= 4 is 15.9 Å². The smallest absolute Gasteiger partial charge is 0.275 e. The standard InChI is InChI=1S/C20H23N3O4S/c1-4-14(2)17-7-11-19(12-8-17)28(25,26)23-22-20(24)15(3)27-18-9-5-16(13-21)6-10-18/h5-12,14-15,23H,4H2,1-3H3,(H,22,24)/t14-,15+/m0/s1. The molecule has 0 aliphatic rings. The second-order valence-corrected chi connectivity index (χ2v) is 8.05. The summed E-state index contributed by atoms with van der Waals surface area (Å²) in [6.45, 7) is 5.62. The Hall–Kier alpha value is -2.89. The summed E-state index contributed by atoms with van der Waals surface area (Å²) in [7, 11) is -3.89. The van der Waals surface area contributed by atoms with Crippen LogP contribution in [0.5, 0.6) is 5.75 Å². The molecule has 2 N–H and O–H groups in total. The lowest BCUT2D eigenvalue weighted by Crippen LogP contribution is -2.47. The second kappa shape index (κ2) is 9.35. The van der Waals surface area contributed by atoms with Crippen LogP contribution < -0.4 is 15.0 Å². The Morgan fingerprint density at radius 3 is 2.25 bits per heavy atom. The molecule has 2 aromatic rings. The van der Waals surface area contributed by atoms with Gasteiger partial charge in [-0.25, -0.2) is 8.42 Å². The summed E-state index contributed by atoms with van der Waals surface area (Å²) in [5.41, 5.74) is 3.68. The third-order valence-corrected chi connectivity index (χ3v) is 5.61. The number of nitrogens with one attached hydrogen (secondary N) is 2. The fourth-order valence-corrected chi connectivity index (χ4v) is 3.20. The lowest BCUT2D eigenvalue weighted by atomic mass is 9.99. The minimum atomic E-state index is -3.89. The number of ether oxygens (including phenoxy) is 1. The van der Waals surface area contributed by atoms with E-state index in [1.165, 1.54) is 19.1 Å². The van der Waals surface area contributed by atoms with Crippen LogP contribution in [0.2, 0.25) is 0 Å². The Morgan fingerprint density at radius 1 is 1.11 bits per heavy atom. The van der Waals surface area contributed by atoms with Crippen LogP contribution in [-0.4, -0.2) is 20.4 Å². The first-order chi connectivity index (χ1) is 13.3. The van der Waals surface area contributed by atoms with E-state index in [9.17, 15) is 13.2 Å². The lowest BCUT2D eigenvalue weighted by Gasteiger charge is -2.15. The molecule has 0 heterocycles. The number of nitrogens with zero attached hydrogens (tertiary/aromatic N) is 1. The van der Waals surface area contributed by atoms with E-state index in [2.05, 4.69) is 24.1 Å². The normalized spacial score (nSPS) is 13.2. The van der Waals surface area contributed by atoms with Crippen molar-refractivity contribution in [2.45, 2.75) is 44.1 Å². The van der Waals surface area contributed by atoms with Crippen LogP contribution in [0.15, 0.2) is 53.4 Å². The van der Waals surface area contributed by atoms with Crippen molar-refractivity contribution < 1.29 is 17.9 Å². The van der Waals surface area contributed by atoms with Gasteiger partial charge in [0.1, 0.15) is 5.75 Å². The molecular formula is C20H23N3O4S. The number of benzene rings is 2. The van der Waals surface area contributed by atoms with Crippen molar-refractivity contribution in [1.82, 2.24) is 10.3 Å². The Labute approximate surface area is 165 Å². The molecule has 7 nitrogen and oxygen atoms in total. The summed E-state index contributed by atoms with van der Waals surface area (Å²) in [5, 5.41) is 8.77. The highest BCUT2D eigenvalue weighted by atomic mass is 32.2. The average Bonchev–Trinajstić information content (AvgIpc) is 2.72. The summed E-state index contributed by atoms with van der Waals surface area (Å²) < 4.78 is 30.1. The Kier molecular flexibility index (Phi) is 7.15. The molecule has 0 spiro atoms. The third kappa shape index (κ3) is 5.55. The maximum absolute atomic E-state index is 12.3. The molecule has 0 bridgehead atoms. The van der Waals surface area contributed by atoms with Crippen LogP contribution in [0.1, 0.15) is 44.2 Å². The predicted octanol–water partition coefficient (Wildman–Crippen LogP) is 2.85. The molecule has 0 aliphatic heterocycles. The van der Waals surface area contributed by atoms with Crippen LogP contribution in [0.3, 0.4) is 0 Å². The molecule has 8 heteroatoms. The van der Waals surface area contributed by atoms with Gasteiger partial charge in [-0.3, -0.25) is 10.2 Å². The fourth-order valence-electron chi connectivity index (χ4n) is 2.35. The summed E-state index contributed by atoms with van der Waals surface area (Å²) in [6.07, 6.45) is 0.0146. The summed E-state index contributed by atoms with van der Waals surface area (Å²) in [5.74, 6) is 0.0824. The largest absolute Gasteiger partial charge is 0.481 e. The van der Waals surface area contributed by atoms with Gasteiger partial charge in [-0.05, 0) is 61.2 Å². The summed E-state index contributed by atoms with van der Waals surface area (Å²) in [6, 6.07) is 14.8. The van der Waals surface area contributed by atoms with Gasteiger partial charge in [-0.1, -0.05) is 26.0 Å². The predicted molar refractivity (Wildman–Crippen MR) is 105 cm³/mol. The molecule has 0 unspecified atom stereocenters. The van der Waals surface area contributed by atoms with Gasteiger partial charge in [0.2, 0.25) is 0 Å². The highest BCUT2D eigenvalue weighted by Gasteiger charge is 2.19. The number of nitriles is 1. The maximum atomic E-state index is 12.3. The molecule has 0 saturated heterocycles. The minimum absolute atomic E-state index is 0.0560. The molecule has 148 valence electrons. The number of hydrazine groups is 1. The van der Waals surface area contributed by atoms with Gasteiger partial charge < -0.3 is 4.74 Å². The number of carbonyl (C=O) groups is 1. The van der Waals surface area contributed by atoms with Crippen molar-refractivity contribution in [3.05, 3.63) is 59.7 Å². The fraction of sp³-hybridized carbons (Fsp3) is 0.300. The van der Waals surface area contributed by atoms with Gasteiger partial charge in [-0.2, -0.15) is 5.26 Å². The zero-order chi connectivity index (χ0) is 20.7. The van der Waals surface area contributed by atoms with Crippen molar-refractivity contribution in [3.63, 3.8) is 0 Å². The van der Waals surface area contributed by atoms with E-state index in [0.717, 1.165) is 12.0 Å². The van der Waals surface area contributed by atoms with E-state index >= 15 is 0 Å². The number of carbonyl (C=O) groups excluding carboxylic acids is 1. The first kappa shape index (κ1) is 21.4. The molecule has 2 rings (SSSR count). The zero-order valence-corrected chi connectivity index (χ0v) is 16.8. The third-order valence-electron chi connectivity index (χ3n) is 4.35. The van der Waals surface area contributed by atoms with Gasteiger partial charge in [0.25, 0.3) is 15.9 Å². The molecule has 0 radical (unpaired) electrons.